The fraction of sp³-hybridized carbons (Fsp3) is 0.153. The van der Waals surface area contributed by atoms with E-state index in [0.717, 1.165) is 67.4 Å². The molecule has 0 saturated carbocycles. The van der Waals surface area contributed by atoms with Crippen LogP contribution in [0.4, 0.5) is 0 Å². The molecule has 312 valence electrons. The Morgan fingerprint density at radius 1 is 0.312 bits per heavy atom. The largest absolute Gasteiger partial charge is 0.308 e. The predicted octanol–water partition coefficient (Wildman–Crippen LogP) is 15.1. The third-order valence-electron chi connectivity index (χ3n) is 13.8. The molecule has 0 amide bonds. The lowest BCUT2D eigenvalue weighted by atomic mass is 9.90. The van der Waals surface area contributed by atoms with Crippen LogP contribution in [0, 0.1) is 62.3 Å². The van der Waals surface area contributed by atoms with Crippen molar-refractivity contribution in [2.24, 2.45) is 0 Å². The van der Waals surface area contributed by atoms with Gasteiger partial charge in [-0.3, -0.25) is 0 Å². The van der Waals surface area contributed by atoms with Gasteiger partial charge in [0, 0.05) is 44.2 Å². The van der Waals surface area contributed by atoms with Gasteiger partial charge in [0.1, 0.15) is 0 Å². The van der Waals surface area contributed by atoms with Crippen molar-refractivity contribution in [2.45, 2.75) is 62.3 Å². The molecular formula is C59H51N5. The lowest BCUT2D eigenvalue weighted by molar-refractivity contribution is 1.10. The molecule has 3 aromatic heterocycles. The van der Waals surface area contributed by atoms with Crippen LogP contribution in [-0.2, 0) is 0 Å². The maximum absolute atomic E-state index is 5.51. The molecule has 0 aliphatic rings. The Morgan fingerprint density at radius 2 is 0.656 bits per heavy atom. The van der Waals surface area contributed by atoms with Crippen LogP contribution in [0.1, 0.15) is 50.1 Å². The molecule has 5 heteroatoms. The summed E-state index contributed by atoms with van der Waals surface area (Å²) in [5.74, 6) is 1.31. The number of hydrogen-bond donors (Lipinski definition) is 0. The number of nitrogens with zero attached hydrogens (tertiary/aromatic N) is 5. The first kappa shape index (κ1) is 40.6. The quantitative estimate of drug-likeness (QED) is 0.161. The Balaban J connectivity index is 1.37. The van der Waals surface area contributed by atoms with Crippen LogP contribution >= 0.6 is 0 Å². The van der Waals surface area contributed by atoms with Gasteiger partial charge in [0.05, 0.1) is 39.5 Å². The molecule has 0 fully saturated rings. The number of rotatable bonds is 7. The molecule has 0 N–H and O–H groups in total. The Kier molecular flexibility index (Phi) is 10.1. The summed E-state index contributed by atoms with van der Waals surface area (Å²) >= 11 is 0. The van der Waals surface area contributed by atoms with Crippen LogP contribution in [0.25, 0.3) is 95.3 Å². The minimum atomic E-state index is 0.649. The zero-order chi connectivity index (χ0) is 44.4. The first-order chi connectivity index (χ1) is 31.0. The molecule has 7 aromatic carbocycles. The van der Waals surface area contributed by atoms with E-state index in [-0.39, 0.29) is 0 Å². The minimum absolute atomic E-state index is 0.649. The fourth-order valence-electron chi connectivity index (χ4n) is 9.64. The molecule has 0 saturated heterocycles. The summed E-state index contributed by atoms with van der Waals surface area (Å²) < 4.78 is 2.58. The van der Waals surface area contributed by atoms with E-state index in [9.17, 15) is 0 Å². The summed E-state index contributed by atoms with van der Waals surface area (Å²) in [7, 11) is 0. The maximum Gasteiger partial charge on any atom is 0.160 e. The van der Waals surface area contributed by atoms with E-state index in [1.165, 1.54) is 66.3 Å². The number of fused-ring (bicyclic) bond motifs is 3. The van der Waals surface area contributed by atoms with E-state index in [1.807, 2.05) is 36.4 Å². The van der Waals surface area contributed by atoms with Gasteiger partial charge < -0.3 is 4.57 Å². The number of benzene rings is 7. The Hall–Kier alpha value is -7.50. The van der Waals surface area contributed by atoms with Crippen molar-refractivity contribution in [3.8, 4) is 73.5 Å². The molecule has 10 aromatic rings. The average Bonchev–Trinajstić information content (AvgIpc) is 3.70. The molecule has 0 bridgehead atoms. The van der Waals surface area contributed by atoms with Crippen molar-refractivity contribution in [1.82, 2.24) is 24.5 Å². The molecule has 0 spiro atoms. The van der Waals surface area contributed by atoms with Gasteiger partial charge in [0.15, 0.2) is 11.6 Å². The van der Waals surface area contributed by atoms with Crippen LogP contribution in [0.15, 0.2) is 146 Å². The zero-order valence-electron chi connectivity index (χ0n) is 38.1. The van der Waals surface area contributed by atoms with Crippen LogP contribution in [0.5, 0.6) is 0 Å². The van der Waals surface area contributed by atoms with Gasteiger partial charge in [-0.2, -0.15) is 0 Å². The van der Waals surface area contributed by atoms with E-state index >= 15 is 0 Å². The van der Waals surface area contributed by atoms with Crippen LogP contribution in [-0.4, -0.2) is 24.5 Å². The van der Waals surface area contributed by atoms with E-state index in [1.54, 1.807) is 0 Å². The fourth-order valence-corrected chi connectivity index (χ4v) is 9.64. The molecule has 0 radical (unpaired) electrons. The molecule has 64 heavy (non-hydrogen) atoms. The molecule has 0 atom stereocenters. The highest BCUT2D eigenvalue weighted by molar-refractivity contribution is 6.16. The Morgan fingerprint density at radius 3 is 1.08 bits per heavy atom. The van der Waals surface area contributed by atoms with Gasteiger partial charge in [-0.1, -0.05) is 121 Å². The van der Waals surface area contributed by atoms with Crippen molar-refractivity contribution in [3.05, 3.63) is 196 Å². The summed E-state index contributed by atoms with van der Waals surface area (Å²) in [6, 6.07) is 50.3. The minimum Gasteiger partial charge on any atom is -0.308 e. The van der Waals surface area contributed by atoms with Crippen LogP contribution < -0.4 is 0 Å². The molecule has 10 rings (SSSR count). The second-order valence-electron chi connectivity index (χ2n) is 17.4. The highest BCUT2D eigenvalue weighted by Gasteiger charge is 2.28. The second-order valence-corrected chi connectivity index (χ2v) is 17.4. The lowest BCUT2D eigenvalue weighted by Crippen LogP contribution is -2.07. The average molecular weight is 830 g/mol. The monoisotopic (exact) mass is 829 g/mol. The van der Waals surface area contributed by atoms with Gasteiger partial charge in [-0.25, -0.2) is 19.9 Å². The van der Waals surface area contributed by atoms with Crippen molar-refractivity contribution in [3.63, 3.8) is 0 Å². The maximum atomic E-state index is 5.51. The number of hydrogen-bond acceptors (Lipinski definition) is 4. The summed E-state index contributed by atoms with van der Waals surface area (Å²) in [6.45, 7) is 20.5. The lowest BCUT2D eigenvalue weighted by Gasteiger charge is -2.22. The molecule has 5 nitrogen and oxygen atoms in total. The summed E-state index contributed by atoms with van der Waals surface area (Å²) in [4.78, 5) is 21.4. The van der Waals surface area contributed by atoms with E-state index in [0.29, 0.717) is 11.6 Å². The van der Waals surface area contributed by atoms with Crippen molar-refractivity contribution in [2.75, 3.05) is 0 Å². The smallest absolute Gasteiger partial charge is 0.160 e. The second kappa shape index (κ2) is 16.0. The summed E-state index contributed by atoms with van der Waals surface area (Å²) in [5, 5.41) is 2.63. The highest BCUT2D eigenvalue weighted by atomic mass is 15.0. The zero-order valence-corrected chi connectivity index (χ0v) is 38.1. The third kappa shape index (κ3) is 6.71. The van der Waals surface area contributed by atoms with E-state index in [4.69, 9.17) is 19.9 Å². The van der Waals surface area contributed by atoms with Gasteiger partial charge >= 0.3 is 0 Å². The molecular weight excluding hydrogens is 779 g/mol. The van der Waals surface area contributed by atoms with Crippen LogP contribution in [0.2, 0.25) is 0 Å². The molecule has 0 aliphatic heterocycles. The first-order valence-electron chi connectivity index (χ1n) is 22.2. The van der Waals surface area contributed by atoms with Gasteiger partial charge in [-0.15, -0.1) is 0 Å². The van der Waals surface area contributed by atoms with E-state index in [2.05, 4.69) is 176 Å². The molecule has 0 aliphatic carbocycles. The van der Waals surface area contributed by atoms with Crippen molar-refractivity contribution in [1.29, 1.82) is 0 Å². The summed E-state index contributed by atoms with van der Waals surface area (Å²) in [6.07, 6.45) is 0. The predicted molar refractivity (Wildman–Crippen MR) is 267 cm³/mol. The normalized spacial score (nSPS) is 11.5. The highest BCUT2D eigenvalue weighted by Crippen LogP contribution is 2.47. The summed E-state index contributed by atoms with van der Waals surface area (Å²) in [5.41, 5.74) is 24.5. The van der Waals surface area contributed by atoms with Gasteiger partial charge in [0.2, 0.25) is 0 Å². The van der Waals surface area contributed by atoms with Gasteiger partial charge in [-0.05, 0) is 137 Å². The van der Waals surface area contributed by atoms with Gasteiger partial charge in [0.25, 0.3) is 0 Å². The van der Waals surface area contributed by atoms with Crippen molar-refractivity contribution < 1.29 is 0 Å². The van der Waals surface area contributed by atoms with Crippen LogP contribution in [0.3, 0.4) is 0 Å². The Labute approximate surface area is 376 Å². The first-order valence-corrected chi connectivity index (χ1v) is 22.2. The standard InChI is InChI=1S/C59H51N5/c1-34-30-47(59-61-49(43-22-14-10-15-23-43)32-50(62-59)44-24-16-11-17-25-44)31-48(52-33-51(45-26-18-12-19-27-45)60-58(63-52)46-28-20-13-21-29-46)55(34)64-56-41(8)37(4)35(2)39(6)53(56)54-40(7)36(3)38(5)42(9)57(54)64/h10-33H,1-9H3. The third-order valence-corrected chi connectivity index (χ3v) is 13.8. The Bertz CT molecular complexity index is 3250. The number of aromatic nitrogens is 5. The topological polar surface area (TPSA) is 56.5 Å². The SMILES string of the molecule is Cc1cc(-c2nc(-c3ccccc3)cc(-c3ccccc3)n2)cc(-c2cc(-c3ccccc3)nc(-c3ccccc3)n2)c1-n1c2c(C)c(C)c(C)c(C)c2c2c(C)c(C)c(C)c(C)c21. The molecule has 0 unspecified atom stereocenters. The molecule has 3 heterocycles. The van der Waals surface area contributed by atoms with Crippen molar-refractivity contribution >= 4 is 21.8 Å². The number of aryl methyl sites for hydroxylation is 5. The van der Waals surface area contributed by atoms with E-state index < -0.39 is 0 Å².